The fourth-order valence-electron chi connectivity index (χ4n) is 1.12. The SMILES string of the molecule is Nc1oncc1-c1cccc(Br)c1. The van der Waals surface area contributed by atoms with Crippen LogP contribution in [0.2, 0.25) is 0 Å². The van der Waals surface area contributed by atoms with Crippen LogP contribution in [0.25, 0.3) is 11.1 Å². The van der Waals surface area contributed by atoms with Crippen molar-refractivity contribution < 1.29 is 4.52 Å². The van der Waals surface area contributed by atoms with E-state index in [1.54, 1.807) is 6.20 Å². The molecule has 2 rings (SSSR count). The normalized spacial score (nSPS) is 10.2. The van der Waals surface area contributed by atoms with Gasteiger partial charge in [-0.05, 0) is 17.7 Å². The minimum atomic E-state index is 0.345. The molecule has 0 radical (unpaired) electrons. The molecule has 0 aliphatic rings. The molecule has 0 atom stereocenters. The van der Waals surface area contributed by atoms with E-state index in [0.29, 0.717) is 5.88 Å². The smallest absolute Gasteiger partial charge is 0.229 e. The maximum Gasteiger partial charge on any atom is 0.229 e. The maximum absolute atomic E-state index is 5.58. The third-order valence-corrected chi connectivity index (χ3v) is 2.23. The van der Waals surface area contributed by atoms with Crippen molar-refractivity contribution in [2.75, 3.05) is 5.73 Å². The van der Waals surface area contributed by atoms with Crippen LogP contribution in [0, 0.1) is 0 Å². The van der Waals surface area contributed by atoms with E-state index < -0.39 is 0 Å². The quantitative estimate of drug-likeness (QED) is 0.832. The summed E-state index contributed by atoms with van der Waals surface area (Å²) >= 11 is 3.38. The molecule has 0 saturated carbocycles. The highest BCUT2D eigenvalue weighted by molar-refractivity contribution is 9.10. The molecule has 0 saturated heterocycles. The first-order valence-corrected chi connectivity index (χ1v) is 4.53. The maximum atomic E-state index is 5.58. The molecule has 0 amide bonds. The van der Waals surface area contributed by atoms with Crippen molar-refractivity contribution in [1.82, 2.24) is 5.16 Å². The molecule has 1 aromatic heterocycles. The lowest BCUT2D eigenvalue weighted by molar-refractivity contribution is 0.436. The van der Waals surface area contributed by atoms with Crippen molar-refractivity contribution in [3.05, 3.63) is 34.9 Å². The number of rotatable bonds is 1. The molecule has 0 unspecified atom stereocenters. The number of nitrogens with two attached hydrogens (primary N) is 1. The van der Waals surface area contributed by atoms with Gasteiger partial charge in [0, 0.05) is 4.47 Å². The molecule has 66 valence electrons. The molecule has 0 aliphatic carbocycles. The van der Waals surface area contributed by atoms with Crippen molar-refractivity contribution in [2.45, 2.75) is 0 Å². The summed E-state index contributed by atoms with van der Waals surface area (Å²) in [5, 5.41) is 3.61. The van der Waals surface area contributed by atoms with Gasteiger partial charge in [-0.2, -0.15) is 0 Å². The third kappa shape index (κ3) is 1.58. The van der Waals surface area contributed by atoms with E-state index >= 15 is 0 Å². The van der Waals surface area contributed by atoms with Crippen molar-refractivity contribution in [3.63, 3.8) is 0 Å². The standard InChI is InChI=1S/C9H7BrN2O/c10-7-3-1-2-6(4-7)8-5-12-13-9(8)11/h1-5H,11H2. The highest BCUT2D eigenvalue weighted by Crippen LogP contribution is 2.27. The number of benzene rings is 1. The average molecular weight is 239 g/mol. The van der Waals surface area contributed by atoms with Crippen LogP contribution in [0.5, 0.6) is 0 Å². The van der Waals surface area contributed by atoms with Gasteiger partial charge in [-0.3, -0.25) is 0 Å². The molecule has 2 N–H and O–H groups in total. The Morgan fingerprint density at radius 2 is 2.23 bits per heavy atom. The van der Waals surface area contributed by atoms with Gasteiger partial charge in [0.2, 0.25) is 5.88 Å². The van der Waals surface area contributed by atoms with Crippen LogP contribution in [0.15, 0.2) is 39.5 Å². The topological polar surface area (TPSA) is 52.0 Å². The number of nitrogens with zero attached hydrogens (tertiary/aromatic N) is 1. The zero-order valence-corrected chi connectivity index (χ0v) is 8.28. The Kier molecular flexibility index (Phi) is 2.06. The second kappa shape index (κ2) is 3.22. The zero-order valence-electron chi connectivity index (χ0n) is 6.70. The van der Waals surface area contributed by atoms with Crippen LogP contribution in [-0.2, 0) is 0 Å². The Labute approximate surface area is 83.7 Å². The van der Waals surface area contributed by atoms with E-state index in [2.05, 4.69) is 21.1 Å². The molecule has 2 aromatic rings. The third-order valence-electron chi connectivity index (χ3n) is 1.73. The monoisotopic (exact) mass is 238 g/mol. The summed E-state index contributed by atoms with van der Waals surface area (Å²) in [5.74, 6) is 0.345. The van der Waals surface area contributed by atoms with Crippen LogP contribution in [-0.4, -0.2) is 5.16 Å². The minimum Gasteiger partial charge on any atom is -0.367 e. The van der Waals surface area contributed by atoms with Gasteiger partial charge >= 0.3 is 0 Å². The van der Waals surface area contributed by atoms with Gasteiger partial charge in [-0.25, -0.2) is 0 Å². The van der Waals surface area contributed by atoms with Gasteiger partial charge in [0.25, 0.3) is 0 Å². The summed E-state index contributed by atoms with van der Waals surface area (Å²) in [6.45, 7) is 0. The van der Waals surface area contributed by atoms with Gasteiger partial charge < -0.3 is 10.3 Å². The van der Waals surface area contributed by atoms with E-state index in [1.165, 1.54) is 0 Å². The van der Waals surface area contributed by atoms with E-state index in [1.807, 2.05) is 24.3 Å². The van der Waals surface area contributed by atoms with E-state index in [0.717, 1.165) is 15.6 Å². The molecule has 1 heterocycles. The number of aromatic nitrogens is 1. The van der Waals surface area contributed by atoms with Gasteiger partial charge in [-0.15, -0.1) is 0 Å². The molecule has 3 nitrogen and oxygen atoms in total. The Hall–Kier alpha value is -1.29. The highest BCUT2D eigenvalue weighted by atomic mass is 79.9. The summed E-state index contributed by atoms with van der Waals surface area (Å²) < 4.78 is 5.78. The summed E-state index contributed by atoms with van der Waals surface area (Å²) in [7, 11) is 0. The predicted molar refractivity (Wildman–Crippen MR) is 54.1 cm³/mol. The first-order chi connectivity index (χ1) is 6.27. The molecular weight excluding hydrogens is 232 g/mol. The lowest BCUT2D eigenvalue weighted by atomic mass is 10.1. The predicted octanol–water partition coefficient (Wildman–Crippen LogP) is 2.69. The Morgan fingerprint density at radius 3 is 2.85 bits per heavy atom. The average Bonchev–Trinajstić information content (AvgIpc) is 2.51. The largest absolute Gasteiger partial charge is 0.367 e. The second-order valence-corrected chi connectivity index (χ2v) is 3.53. The summed E-state index contributed by atoms with van der Waals surface area (Å²) in [6.07, 6.45) is 1.61. The Morgan fingerprint density at radius 1 is 1.38 bits per heavy atom. The Balaban J connectivity index is 2.53. The van der Waals surface area contributed by atoms with E-state index in [9.17, 15) is 0 Å². The number of halogens is 1. The van der Waals surface area contributed by atoms with Gasteiger partial charge in [-0.1, -0.05) is 33.2 Å². The first kappa shape index (κ1) is 8.31. The van der Waals surface area contributed by atoms with Crippen LogP contribution in [0.4, 0.5) is 5.88 Å². The number of anilines is 1. The van der Waals surface area contributed by atoms with E-state index in [4.69, 9.17) is 10.3 Å². The molecule has 0 aliphatic heterocycles. The van der Waals surface area contributed by atoms with Crippen molar-refractivity contribution >= 4 is 21.8 Å². The summed E-state index contributed by atoms with van der Waals surface area (Å²) in [6, 6.07) is 7.80. The molecular formula is C9H7BrN2O. The fourth-order valence-corrected chi connectivity index (χ4v) is 1.52. The molecule has 4 heteroatoms. The molecule has 1 aromatic carbocycles. The Bertz CT molecular complexity index is 425. The van der Waals surface area contributed by atoms with E-state index in [-0.39, 0.29) is 0 Å². The zero-order chi connectivity index (χ0) is 9.26. The van der Waals surface area contributed by atoms with Crippen molar-refractivity contribution in [1.29, 1.82) is 0 Å². The lowest BCUT2D eigenvalue weighted by Crippen LogP contribution is -1.84. The lowest BCUT2D eigenvalue weighted by Gasteiger charge is -1.97. The van der Waals surface area contributed by atoms with Gasteiger partial charge in [0.15, 0.2) is 0 Å². The molecule has 0 spiro atoms. The van der Waals surface area contributed by atoms with Crippen LogP contribution >= 0.6 is 15.9 Å². The number of hydrogen-bond donors (Lipinski definition) is 1. The summed E-state index contributed by atoms with van der Waals surface area (Å²) in [5.41, 5.74) is 7.39. The molecule has 0 fully saturated rings. The summed E-state index contributed by atoms with van der Waals surface area (Å²) in [4.78, 5) is 0. The van der Waals surface area contributed by atoms with Crippen molar-refractivity contribution in [2.24, 2.45) is 0 Å². The second-order valence-electron chi connectivity index (χ2n) is 2.61. The molecule has 13 heavy (non-hydrogen) atoms. The van der Waals surface area contributed by atoms with Crippen molar-refractivity contribution in [3.8, 4) is 11.1 Å². The molecule has 0 bridgehead atoms. The van der Waals surface area contributed by atoms with Gasteiger partial charge in [0.05, 0.1) is 11.8 Å². The fraction of sp³-hybridized carbons (Fsp3) is 0. The van der Waals surface area contributed by atoms with Crippen LogP contribution in [0.1, 0.15) is 0 Å². The van der Waals surface area contributed by atoms with Crippen LogP contribution in [0.3, 0.4) is 0 Å². The number of hydrogen-bond acceptors (Lipinski definition) is 3. The minimum absolute atomic E-state index is 0.345. The number of nitrogen functional groups attached to an aromatic ring is 1. The highest BCUT2D eigenvalue weighted by Gasteiger charge is 2.06. The van der Waals surface area contributed by atoms with Crippen LogP contribution < -0.4 is 5.73 Å². The van der Waals surface area contributed by atoms with Gasteiger partial charge in [0.1, 0.15) is 0 Å². The first-order valence-electron chi connectivity index (χ1n) is 3.73.